The number of aromatic nitrogens is 2. The Bertz CT molecular complexity index is 878. The number of aromatic amines is 1. The van der Waals surface area contributed by atoms with E-state index >= 15 is 0 Å². The third-order valence-electron chi connectivity index (χ3n) is 3.07. The molecule has 21 heavy (non-hydrogen) atoms. The number of rotatable bonds is 3. The van der Waals surface area contributed by atoms with Crippen LogP contribution in [0.3, 0.4) is 0 Å². The van der Waals surface area contributed by atoms with Crippen LogP contribution in [0.15, 0.2) is 57.6 Å². The molecule has 3 aromatic rings. The SMILES string of the molecule is COc1ccc(-n2ccc(=O)[nH]c2=O)cc1-c1cccs1. The van der Waals surface area contributed by atoms with Crippen LogP contribution in [0.1, 0.15) is 0 Å². The number of H-pyrrole nitrogens is 1. The molecule has 3 rings (SSSR count). The van der Waals surface area contributed by atoms with E-state index in [1.807, 2.05) is 29.6 Å². The Morgan fingerprint density at radius 1 is 1.19 bits per heavy atom. The third-order valence-corrected chi connectivity index (χ3v) is 3.97. The van der Waals surface area contributed by atoms with Gasteiger partial charge in [-0.15, -0.1) is 11.3 Å². The first-order valence-electron chi connectivity index (χ1n) is 6.23. The zero-order valence-electron chi connectivity index (χ0n) is 11.2. The lowest BCUT2D eigenvalue weighted by atomic mass is 10.1. The minimum atomic E-state index is -0.468. The summed E-state index contributed by atoms with van der Waals surface area (Å²) >= 11 is 1.59. The Labute approximate surface area is 124 Å². The summed E-state index contributed by atoms with van der Waals surface area (Å²) in [5.74, 6) is 0.735. The molecule has 0 saturated heterocycles. The van der Waals surface area contributed by atoms with Gasteiger partial charge in [-0.05, 0) is 29.6 Å². The van der Waals surface area contributed by atoms with Crippen molar-refractivity contribution in [2.45, 2.75) is 0 Å². The minimum Gasteiger partial charge on any atom is -0.496 e. The molecule has 5 nitrogen and oxygen atoms in total. The molecule has 0 unspecified atom stereocenters. The molecule has 2 heterocycles. The van der Waals surface area contributed by atoms with E-state index in [2.05, 4.69) is 4.98 Å². The molecule has 0 aliphatic carbocycles. The Morgan fingerprint density at radius 2 is 2.05 bits per heavy atom. The number of benzene rings is 1. The molecule has 2 aromatic heterocycles. The monoisotopic (exact) mass is 300 g/mol. The summed E-state index contributed by atoms with van der Waals surface area (Å²) in [5, 5.41) is 1.98. The predicted molar refractivity (Wildman–Crippen MR) is 82.5 cm³/mol. The largest absolute Gasteiger partial charge is 0.496 e. The van der Waals surface area contributed by atoms with Crippen LogP contribution in [0, 0.1) is 0 Å². The fraction of sp³-hybridized carbons (Fsp3) is 0.0667. The number of ether oxygens (including phenoxy) is 1. The number of methoxy groups -OCH3 is 1. The number of hydrogen-bond donors (Lipinski definition) is 1. The summed E-state index contributed by atoms with van der Waals surface area (Å²) in [6, 6.07) is 10.7. The maximum absolute atomic E-state index is 11.9. The lowest BCUT2D eigenvalue weighted by Gasteiger charge is -2.10. The second-order valence-corrected chi connectivity index (χ2v) is 5.29. The van der Waals surface area contributed by atoms with Gasteiger partial charge in [0.25, 0.3) is 5.56 Å². The van der Waals surface area contributed by atoms with Crippen molar-refractivity contribution in [1.29, 1.82) is 0 Å². The minimum absolute atomic E-state index is 0.414. The van der Waals surface area contributed by atoms with Gasteiger partial charge < -0.3 is 4.74 Å². The van der Waals surface area contributed by atoms with Crippen molar-refractivity contribution in [3.8, 4) is 21.9 Å². The zero-order valence-corrected chi connectivity index (χ0v) is 12.0. The third kappa shape index (κ3) is 2.53. The van der Waals surface area contributed by atoms with E-state index in [-0.39, 0.29) is 0 Å². The molecule has 1 aromatic carbocycles. The predicted octanol–water partition coefficient (Wildman–Crippen LogP) is 2.26. The molecular formula is C15H12N2O3S. The molecule has 0 aliphatic heterocycles. The second kappa shape index (κ2) is 5.41. The van der Waals surface area contributed by atoms with Crippen LogP contribution in [0.25, 0.3) is 16.1 Å². The summed E-state index contributed by atoms with van der Waals surface area (Å²) < 4.78 is 6.76. The maximum Gasteiger partial charge on any atom is 0.332 e. The van der Waals surface area contributed by atoms with E-state index in [1.165, 1.54) is 16.8 Å². The second-order valence-electron chi connectivity index (χ2n) is 4.34. The summed E-state index contributed by atoms with van der Waals surface area (Å²) in [6.45, 7) is 0. The van der Waals surface area contributed by atoms with Gasteiger partial charge in [-0.2, -0.15) is 0 Å². The highest BCUT2D eigenvalue weighted by molar-refractivity contribution is 7.13. The summed E-state index contributed by atoms with van der Waals surface area (Å²) in [4.78, 5) is 26.3. The highest BCUT2D eigenvalue weighted by Crippen LogP contribution is 2.34. The van der Waals surface area contributed by atoms with E-state index in [1.54, 1.807) is 24.5 Å². The van der Waals surface area contributed by atoms with Crippen LogP contribution in [0.5, 0.6) is 5.75 Å². The fourth-order valence-electron chi connectivity index (χ4n) is 2.09. The summed E-state index contributed by atoms with van der Waals surface area (Å²) in [6.07, 6.45) is 1.46. The van der Waals surface area contributed by atoms with Gasteiger partial charge in [0.2, 0.25) is 0 Å². The maximum atomic E-state index is 11.9. The van der Waals surface area contributed by atoms with Gasteiger partial charge in [-0.25, -0.2) is 4.79 Å². The molecule has 0 atom stereocenters. The molecule has 6 heteroatoms. The summed E-state index contributed by atoms with van der Waals surface area (Å²) in [7, 11) is 1.61. The van der Waals surface area contributed by atoms with Crippen LogP contribution in [0.2, 0.25) is 0 Å². The van der Waals surface area contributed by atoms with Gasteiger partial charge in [0, 0.05) is 22.7 Å². The molecule has 1 N–H and O–H groups in total. The van der Waals surface area contributed by atoms with E-state index in [0.717, 1.165) is 16.2 Å². The highest BCUT2D eigenvalue weighted by atomic mass is 32.1. The van der Waals surface area contributed by atoms with Gasteiger partial charge in [-0.3, -0.25) is 14.3 Å². The van der Waals surface area contributed by atoms with Crippen LogP contribution in [0.4, 0.5) is 0 Å². The number of hydrogen-bond acceptors (Lipinski definition) is 4. The van der Waals surface area contributed by atoms with Gasteiger partial charge >= 0.3 is 5.69 Å². The zero-order chi connectivity index (χ0) is 14.8. The van der Waals surface area contributed by atoms with E-state index < -0.39 is 11.2 Å². The molecule has 0 aliphatic rings. The Hall–Kier alpha value is -2.60. The van der Waals surface area contributed by atoms with Crippen molar-refractivity contribution in [3.63, 3.8) is 0 Å². The number of nitrogens with zero attached hydrogens (tertiary/aromatic N) is 1. The van der Waals surface area contributed by atoms with E-state index in [9.17, 15) is 9.59 Å². The highest BCUT2D eigenvalue weighted by Gasteiger charge is 2.09. The van der Waals surface area contributed by atoms with E-state index in [0.29, 0.717) is 5.69 Å². The molecule has 0 spiro atoms. The van der Waals surface area contributed by atoms with Crippen molar-refractivity contribution in [2.75, 3.05) is 7.11 Å². The first-order chi connectivity index (χ1) is 10.2. The topological polar surface area (TPSA) is 64.1 Å². The first-order valence-corrected chi connectivity index (χ1v) is 7.11. The molecule has 0 saturated carbocycles. The van der Waals surface area contributed by atoms with Crippen molar-refractivity contribution < 1.29 is 4.74 Å². The summed E-state index contributed by atoms with van der Waals surface area (Å²) in [5.41, 5.74) is 0.691. The molecule has 0 fully saturated rings. The lowest BCUT2D eigenvalue weighted by molar-refractivity contribution is 0.416. The van der Waals surface area contributed by atoms with Gasteiger partial charge in [-0.1, -0.05) is 6.07 Å². The van der Waals surface area contributed by atoms with Crippen molar-refractivity contribution >= 4 is 11.3 Å². The van der Waals surface area contributed by atoms with Gasteiger partial charge in [0.05, 0.1) is 12.8 Å². The standard InChI is InChI=1S/C15H12N2O3S/c1-20-12-5-4-10(9-11(12)13-3-2-8-21-13)17-7-6-14(18)16-15(17)19/h2-9H,1H3,(H,16,18,19). The number of nitrogens with one attached hydrogen (secondary N) is 1. The van der Waals surface area contributed by atoms with Crippen molar-refractivity contribution in [3.05, 3.63) is 68.8 Å². The molecule has 0 radical (unpaired) electrons. The number of thiophene rings is 1. The Balaban J connectivity index is 2.19. The van der Waals surface area contributed by atoms with Crippen LogP contribution < -0.4 is 16.0 Å². The van der Waals surface area contributed by atoms with Crippen LogP contribution in [-0.2, 0) is 0 Å². The van der Waals surface area contributed by atoms with Gasteiger partial charge in [0.1, 0.15) is 5.75 Å². The molecular weight excluding hydrogens is 288 g/mol. The van der Waals surface area contributed by atoms with E-state index in [4.69, 9.17) is 4.74 Å². The first kappa shape index (κ1) is 13.4. The molecule has 0 bridgehead atoms. The average molecular weight is 300 g/mol. The Kier molecular flexibility index (Phi) is 3.45. The molecule has 106 valence electrons. The van der Waals surface area contributed by atoms with Crippen molar-refractivity contribution in [2.24, 2.45) is 0 Å². The van der Waals surface area contributed by atoms with Crippen molar-refractivity contribution in [1.82, 2.24) is 9.55 Å². The van der Waals surface area contributed by atoms with Crippen LogP contribution in [-0.4, -0.2) is 16.7 Å². The average Bonchev–Trinajstić information content (AvgIpc) is 3.01. The lowest BCUT2D eigenvalue weighted by Crippen LogP contribution is -2.27. The molecule has 0 amide bonds. The normalized spacial score (nSPS) is 10.5. The van der Waals surface area contributed by atoms with Gasteiger partial charge in [0.15, 0.2) is 0 Å². The van der Waals surface area contributed by atoms with Crippen LogP contribution >= 0.6 is 11.3 Å². The fourth-order valence-corrected chi connectivity index (χ4v) is 2.84. The smallest absolute Gasteiger partial charge is 0.332 e. The quantitative estimate of drug-likeness (QED) is 0.807. The Morgan fingerprint density at radius 3 is 2.71 bits per heavy atom.